The number of carbonyl (C=O) groups is 1. The highest BCUT2D eigenvalue weighted by Crippen LogP contribution is 2.44. The molecule has 0 saturated carbocycles. The van der Waals surface area contributed by atoms with Gasteiger partial charge >= 0.3 is 6.09 Å². The summed E-state index contributed by atoms with van der Waals surface area (Å²) in [7, 11) is -2.80. The second kappa shape index (κ2) is 13.9. The first-order valence-electron chi connectivity index (χ1n) is 16.4. The highest BCUT2D eigenvalue weighted by molar-refractivity contribution is 6.99. The Morgan fingerprint density at radius 3 is 1.88 bits per heavy atom. The van der Waals surface area contributed by atoms with Gasteiger partial charge in [-0.1, -0.05) is 142 Å². The number of nitrogens with zero attached hydrogens (tertiary/aromatic N) is 1. The van der Waals surface area contributed by atoms with Crippen molar-refractivity contribution in [3.63, 3.8) is 0 Å². The van der Waals surface area contributed by atoms with Crippen molar-refractivity contribution in [3.8, 4) is 23.5 Å². The van der Waals surface area contributed by atoms with Gasteiger partial charge < -0.3 is 14.9 Å². The molecule has 0 saturated heterocycles. The molecular formula is C42H42N2O3Si. The molecule has 0 radical (unpaired) electrons. The van der Waals surface area contributed by atoms with E-state index in [4.69, 9.17) is 21.3 Å². The number of benzene rings is 5. The summed E-state index contributed by atoms with van der Waals surface area (Å²) in [5.74, 6) is 2.61. The first-order chi connectivity index (χ1) is 23.2. The number of anilines is 1. The zero-order valence-corrected chi connectivity index (χ0v) is 28.9. The van der Waals surface area contributed by atoms with Gasteiger partial charge in [0, 0.05) is 11.6 Å². The van der Waals surface area contributed by atoms with Crippen LogP contribution in [0, 0.1) is 12.3 Å². The average Bonchev–Trinajstić information content (AvgIpc) is 3.42. The van der Waals surface area contributed by atoms with Crippen LogP contribution >= 0.6 is 0 Å². The third kappa shape index (κ3) is 6.40. The number of carbonyl (C=O) groups excluding carboxylic acids is 1. The van der Waals surface area contributed by atoms with Gasteiger partial charge in [0.25, 0.3) is 8.32 Å². The normalized spacial score (nSPS) is 12.5. The first-order valence-corrected chi connectivity index (χ1v) is 18.3. The Balaban J connectivity index is 1.26. The molecule has 5 aromatic carbocycles. The third-order valence-electron chi connectivity index (χ3n) is 9.33. The van der Waals surface area contributed by atoms with Crippen molar-refractivity contribution in [1.82, 2.24) is 4.90 Å². The van der Waals surface area contributed by atoms with Gasteiger partial charge in [-0.3, -0.25) is 4.90 Å². The molecule has 5 nitrogen and oxygen atoms in total. The number of hydrogen-bond donors (Lipinski definition) is 1. The largest absolute Gasteiger partial charge is 0.448 e. The molecule has 0 atom stereocenters. The number of hydrogen-bond acceptors (Lipinski definition) is 4. The van der Waals surface area contributed by atoms with E-state index in [0.29, 0.717) is 12.3 Å². The van der Waals surface area contributed by atoms with Crippen LogP contribution in [0.2, 0.25) is 5.04 Å². The van der Waals surface area contributed by atoms with Crippen LogP contribution in [0.3, 0.4) is 0 Å². The lowest BCUT2D eigenvalue weighted by Gasteiger charge is -2.43. The van der Waals surface area contributed by atoms with Crippen molar-refractivity contribution < 1.29 is 14.0 Å². The monoisotopic (exact) mass is 650 g/mol. The van der Waals surface area contributed by atoms with E-state index in [1.807, 2.05) is 54.6 Å². The standard InChI is InChI=1S/C42H42N2O3Si/c1-5-26-44(41(45)46-30-40-38-22-14-12-20-36(38)37-21-13-15-23-39(37)40)28-32-27-33(43)25-24-31(32)29-47-48(42(2,3)4,34-16-8-6-9-17-34)35-18-10-7-11-19-35/h1,6-25,27,40H,26,28-30,43H2,2-4H3. The fourth-order valence-corrected chi connectivity index (χ4v) is 11.6. The van der Waals surface area contributed by atoms with Crippen molar-refractivity contribution in [3.05, 3.63) is 150 Å². The van der Waals surface area contributed by atoms with Gasteiger partial charge in [-0.15, -0.1) is 6.42 Å². The molecule has 0 unspecified atom stereocenters. The average molecular weight is 651 g/mol. The molecule has 6 heteroatoms. The molecule has 242 valence electrons. The van der Waals surface area contributed by atoms with E-state index in [1.165, 1.54) is 21.5 Å². The maximum absolute atomic E-state index is 13.7. The Bertz CT molecular complexity index is 1840. The summed E-state index contributed by atoms with van der Waals surface area (Å²) in [6.45, 7) is 7.68. The van der Waals surface area contributed by atoms with Gasteiger partial charge in [0.1, 0.15) is 6.61 Å². The van der Waals surface area contributed by atoms with Crippen LogP contribution in [0.1, 0.15) is 48.9 Å². The molecule has 1 amide bonds. The number of fused-ring (bicyclic) bond motifs is 3. The zero-order valence-electron chi connectivity index (χ0n) is 27.9. The molecule has 6 rings (SSSR count). The number of nitrogen functional groups attached to an aromatic ring is 1. The van der Waals surface area contributed by atoms with Crippen molar-refractivity contribution in [2.24, 2.45) is 0 Å². The highest BCUT2D eigenvalue weighted by atomic mass is 28.4. The molecular weight excluding hydrogens is 609 g/mol. The second-order valence-corrected chi connectivity index (χ2v) is 17.6. The molecule has 1 aliphatic carbocycles. The fourth-order valence-electron chi connectivity index (χ4n) is 7.07. The van der Waals surface area contributed by atoms with Crippen molar-refractivity contribution >= 4 is 30.5 Å². The number of amides is 1. The van der Waals surface area contributed by atoms with Crippen LogP contribution in [0.15, 0.2) is 127 Å². The lowest BCUT2D eigenvalue weighted by molar-refractivity contribution is 0.102. The number of rotatable bonds is 10. The van der Waals surface area contributed by atoms with Gasteiger partial charge in [0.15, 0.2) is 0 Å². The Morgan fingerprint density at radius 2 is 1.33 bits per heavy atom. The van der Waals surface area contributed by atoms with E-state index in [9.17, 15) is 4.79 Å². The smallest absolute Gasteiger partial charge is 0.410 e. The topological polar surface area (TPSA) is 64.8 Å². The minimum absolute atomic E-state index is 0.0446. The third-order valence-corrected chi connectivity index (χ3v) is 14.3. The summed E-state index contributed by atoms with van der Waals surface area (Å²) in [4.78, 5) is 15.2. The Morgan fingerprint density at radius 1 is 0.792 bits per heavy atom. The number of ether oxygens (including phenoxy) is 1. The Hall–Kier alpha value is -5.09. The maximum Gasteiger partial charge on any atom is 0.410 e. The second-order valence-electron chi connectivity index (χ2n) is 13.3. The lowest BCUT2D eigenvalue weighted by Crippen LogP contribution is -2.66. The summed E-state index contributed by atoms with van der Waals surface area (Å²) in [5.41, 5.74) is 13.4. The predicted molar refractivity (Wildman–Crippen MR) is 198 cm³/mol. The molecule has 0 bridgehead atoms. The summed E-state index contributed by atoms with van der Waals surface area (Å²) in [6.07, 6.45) is 5.32. The maximum atomic E-state index is 13.7. The molecule has 0 spiro atoms. The first kappa shape index (κ1) is 32.8. The van der Waals surface area contributed by atoms with Crippen LogP contribution in [-0.4, -0.2) is 32.5 Å². The van der Waals surface area contributed by atoms with E-state index in [1.54, 1.807) is 4.90 Å². The molecule has 0 heterocycles. The fraction of sp³-hybridized carbons (Fsp3) is 0.214. The van der Waals surface area contributed by atoms with E-state index >= 15 is 0 Å². The quantitative estimate of drug-likeness (QED) is 0.0955. The molecule has 1 aliphatic rings. The number of nitrogens with two attached hydrogens (primary N) is 1. The van der Waals surface area contributed by atoms with Crippen molar-refractivity contribution in [2.75, 3.05) is 18.9 Å². The lowest BCUT2D eigenvalue weighted by atomic mass is 9.98. The van der Waals surface area contributed by atoms with Crippen LogP contribution in [0.25, 0.3) is 11.1 Å². The van der Waals surface area contributed by atoms with E-state index in [0.717, 1.165) is 22.3 Å². The van der Waals surface area contributed by atoms with Crippen LogP contribution in [0.5, 0.6) is 0 Å². The van der Waals surface area contributed by atoms with Gasteiger partial charge in [-0.2, -0.15) is 0 Å². The van der Waals surface area contributed by atoms with Gasteiger partial charge in [0.05, 0.1) is 19.7 Å². The van der Waals surface area contributed by atoms with Gasteiger partial charge in [-0.25, -0.2) is 4.79 Å². The van der Waals surface area contributed by atoms with Crippen LogP contribution < -0.4 is 16.1 Å². The summed E-state index contributed by atoms with van der Waals surface area (Å²) in [5, 5.41) is 2.22. The molecule has 0 aromatic heterocycles. The highest BCUT2D eigenvalue weighted by Gasteiger charge is 2.50. The van der Waals surface area contributed by atoms with Crippen molar-refractivity contribution in [1.29, 1.82) is 0 Å². The minimum atomic E-state index is -2.80. The summed E-state index contributed by atoms with van der Waals surface area (Å²) >= 11 is 0. The molecule has 48 heavy (non-hydrogen) atoms. The summed E-state index contributed by atoms with van der Waals surface area (Å²) in [6, 6.07) is 43.5. The summed E-state index contributed by atoms with van der Waals surface area (Å²) < 4.78 is 13.2. The molecule has 0 fully saturated rings. The molecule has 5 aromatic rings. The van der Waals surface area contributed by atoms with Crippen LogP contribution in [-0.2, 0) is 22.3 Å². The minimum Gasteiger partial charge on any atom is -0.448 e. The zero-order chi connectivity index (χ0) is 33.7. The molecule has 2 N–H and O–H groups in total. The van der Waals surface area contributed by atoms with Crippen molar-refractivity contribution in [2.45, 2.75) is 44.9 Å². The van der Waals surface area contributed by atoms with Crippen LogP contribution in [0.4, 0.5) is 10.5 Å². The van der Waals surface area contributed by atoms with E-state index in [-0.39, 0.29) is 30.7 Å². The Labute approximate surface area is 285 Å². The Kier molecular flexibility index (Phi) is 9.54. The molecule has 0 aliphatic heterocycles. The predicted octanol–water partition coefficient (Wildman–Crippen LogP) is 7.73. The van der Waals surface area contributed by atoms with E-state index < -0.39 is 14.4 Å². The SMILES string of the molecule is C#CCN(Cc1cc(N)ccc1CO[Si](c1ccccc1)(c1ccccc1)C(C)(C)C)C(=O)OCC1c2ccccc2-c2ccccc21. The van der Waals surface area contributed by atoms with Gasteiger partial charge in [0.2, 0.25) is 0 Å². The van der Waals surface area contributed by atoms with E-state index in [2.05, 4.69) is 99.5 Å². The number of terminal acetylenes is 1. The van der Waals surface area contributed by atoms with Gasteiger partial charge in [-0.05, 0) is 60.9 Å².